The Hall–Kier alpha value is -1.55. The molecule has 134 valence electrons. The Balaban J connectivity index is 1.87. The minimum Gasteiger partial charge on any atom is -0.481 e. The predicted molar refractivity (Wildman–Crippen MR) is 104 cm³/mol. The molecular formula is C20H23Cl2NO2. The Labute approximate surface area is 159 Å². The first-order chi connectivity index (χ1) is 12.0. The number of carbonyl (C=O) groups is 1. The third-order valence-corrected chi connectivity index (χ3v) is 4.63. The zero-order valence-corrected chi connectivity index (χ0v) is 15.6. The molecule has 2 aromatic rings. The molecule has 0 heterocycles. The number of rotatable bonds is 10. The van der Waals surface area contributed by atoms with E-state index in [1.54, 1.807) is 0 Å². The van der Waals surface area contributed by atoms with Crippen molar-refractivity contribution >= 4 is 29.2 Å². The molecule has 0 amide bonds. The SMILES string of the molecule is O=C(O)CCCN(CCc1ccc(Cl)cc1)CCc1ccc(Cl)cc1. The van der Waals surface area contributed by atoms with Crippen molar-refractivity contribution in [3.8, 4) is 0 Å². The Morgan fingerprint density at radius 1 is 0.800 bits per heavy atom. The van der Waals surface area contributed by atoms with Gasteiger partial charge in [-0.15, -0.1) is 0 Å². The van der Waals surface area contributed by atoms with Gasteiger partial charge >= 0.3 is 5.97 Å². The monoisotopic (exact) mass is 379 g/mol. The van der Waals surface area contributed by atoms with E-state index in [9.17, 15) is 4.79 Å². The summed E-state index contributed by atoms with van der Waals surface area (Å²) in [5.74, 6) is -0.740. The minimum absolute atomic E-state index is 0.207. The summed E-state index contributed by atoms with van der Waals surface area (Å²) in [7, 11) is 0. The quantitative estimate of drug-likeness (QED) is 0.634. The first kappa shape index (κ1) is 19.8. The van der Waals surface area contributed by atoms with Gasteiger partial charge in [-0.3, -0.25) is 4.79 Å². The first-order valence-corrected chi connectivity index (χ1v) is 9.21. The van der Waals surface area contributed by atoms with Crippen LogP contribution in [0.5, 0.6) is 0 Å². The molecule has 0 radical (unpaired) electrons. The van der Waals surface area contributed by atoms with Crippen LogP contribution in [0.1, 0.15) is 24.0 Å². The second-order valence-corrected chi connectivity index (χ2v) is 6.96. The van der Waals surface area contributed by atoms with E-state index in [0.29, 0.717) is 6.42 Å². The van der Waals surface area contributed by atoms with Crippen LogP contribution in [-0.2, 0) is 17.6 Å². The Morgan fingerprint density at radius 2 is 1.24 bits per heavy atom. The lowest BCUT2D eigenvalue weighted by molar-refractivity contribution is -0.137. The van der Waals surface area contributed by atoms with E-state index in [2.05, 4.69) is 4.90 Å². The maximum Gasteiger partial charge on any atom is 0.303 e. The molecule has 0 fully saturated rings. The molecule has 0 unspecified atom stereocenters. The summed E-state index contributed by atoms with van der Waals surface area (Å²) in [5, 5.41) is 10.3. The van der Waals surface area contributed by atoms with E-state index in [4.69, 9.17) is 28.3 Å². The summed E-state index contributed by atoms with van der Waals surface area (Å²) in [6, 6.07) is 15.8. The first-order valence-electron chi connectivity index (χ1n) is 8.46. The molecule has 5 heteroatoms. The highest BCUT2D eigenvalue weighted by atomic mass is 35.5. The van der Waals surface area contributed by atoms with E-state index in [-0.39, 0.29) is 6.42 Å². The highest BCUT2D eigenvalue weighted by molar-refractivity contribution is 6.30. The fraction of sp³-hybridized carbons (Fsp3) is 0.350. The second-order valence-electron chi connectivity index (χ2n) is 6.09. The van der Waals surface area contributed by atoms with Gasteiger partial charge in [0.05, 0.1) is 0 Å². The van der Waals surface area contributed by atoms with Crippen molar-refractivity contribution in [1.82, 2.24) is 4.90 Å². The minimum atomic E-state index is -0.740. The average molecular weight is 380 g/mol. The molecule has 0 atom stereocenters. The van der Waals surface area contributed by atoms with Crippen LogP contribution in [0, 0.1) is 0 Å². The van der Waals surface area contributed by atoms with Crippen LogP contribution in [0.4, 0.5) is 0 Å². The summed E-state index contributed by atoms with van der Waals surface area (Å²) in [5.41, 5.74) is 2.47. The second kappa shape index (κ2) is 10.4. The van der Waals surface area contributed by atoms with Gasteiger partial charge in [0, 0.05) is 29.6 Å². The number of nitrogens with zero attached hydrogens (tertiary/aromatic N) is 1. The molecule has 1 N–H and O–H groups in total. The van der Waals surface area contributed by atoms with Crippen LogP contribution in [0.15, 0.2) is 48.5 Å². The van der Waals surface area contributed by atoms with Crippen molar-refractivity contribution in [3.05, 3.63) is 69.7 Å². The molecule has 0 saturated carbocycles. The molecular weight excluding hydrogens is 357 g/mol. The topological polar surface area (TPSA) is 40.5 Å². The zero-order chi connectivity index (χ0) is 18.1. The van der Waals surface area contributed by atoms with Crippen molar-refractivity contribution in [3.63, 3.8) is 0 Å². The van der Waals surface area contributed by atoms with Gasteiger partial charge in [-0.2, -0.15) is 0 Å². The number of benzene rings is 2. The molecule has 0 saturated heterocycles. The highest BCUT2D eigenvalue weighted by Gasteiger charge is 2.08. The molecule has 0 spiro atoms. The summed E-state index contributed by atoms with van der Waals surface area (Å²) in [4.78, 5) is 13.1. The molecule has 3 nitrogen and oxygen atoms in total. The number of carboxylic acid groups (broad SMARTS) is 1. The van der Waals surface area contributed by atoms with Crippen molar-refractivity contribution in [1.29, 1.82) is 0 Å². The number of carboxylic acids is 1. The van der Waals surface area contributed by atoms with Gasteiger partial charge in [0.2, 0.25) is 0 Å². The van der Waals surface area contributed by atoms with E-state index >= 15 is 0 Å². The van der Waals surface area contributed by atoms with Crippen molar-refractivity contribution < 1.29 is 9.90 Å². The average Bonchev–Trinajstić information content (AvgIpc) is 2.59. The smallest absolute Gasteiger partial charge is 0.303 e. The van der Waals surface area contributed by atoms with Gasteiger partial charge in [-0.25, -0.2) is 0 Å². The van der Waals surface area contributed by atoms with E-state index in [1.165, 1.54) is 11.1 Å². The van der Waals surface area contributed by atoms with Gasteiger partial charge in [0.15, 0.2) is 0 Å². The lowest BCUT2D eigenvalue weighted by atomic mass is 10.1. The molecule has 0 aromatic heterocycles. The van der Waals surface area contributed by atoms with Crippen molar-refractivity contribution in [2.45, 2.75) is 25.7 Å². The standard InChI is InChI=1S/C20H23Cl2NO2/c21-18-7-3-16(4-8-18)11-14-23(13-1-2-20(24)25)15-12-17-5-9-19(22)10-6-17/h3-10H,1-2,11-15H2,(H,24,25). The Morgan fingerprint density at radius 3 is 1.64 bits per heavy atom. The number of halogens is 2. The van der Waals surface area contributed by atoms with Gasteiger partial charge in [0.1, 0.15) is 0 Å². The molecule has 0 aliphatic rings. The summed E-state index contributed by atoms with van der Waals surface area (Å²) < 4.78 is 0. The number of hydrogen-bond acceptors (Lipinski definition) is 2. The lowest BCUT2D eigenvalue weighted by Crippen LogP contribution is -2.30. The van der Waals surface area contributed by atoms with Crippen LogP contribution in [0.2, 0.25) is 10.0 Å². The van der Waals surface area contributed by atoms with Crippen LogP contribution >= 0.6 is 23.2 Å². The fourth-order valence-electron chi connectivity index (χ4n) is 2.67. The molecule has 0 bridgehead atoms. The van der Waals surface area contributed by atoms with Crippen molar-refractivity contribution in [2.24, 2.45) is 0 Å². The number of hydrogen-bond donors (Lipinski definition) is 1. The normalized spacial score (nSPS) is 11.0. The zero-order valence-electron chi connectivity index (χ0n) is 14.1. The maximum atomic E-state index is 10.8. The van der Waals surface area contributed by atoms with Crippen LogP contribution in [0.25, 0.3) is 0 Å². The molecule has 2 aromatic carbocycles. The van der Waals surface area contributed by atoms with Crippen molar-refractivity contribution in [2.75, 3.05) is 19.6 Å². The Bertz CT molecular complexity index is 607. The van der Waals surface area contributed by atoms with Gasteiger partial charge in [0.25, 0.3) is 0 Å². The van der Waals surface area contributed by atoms with Crippen LogP contribution < -0.4 is 0 Å². The van der Waals surface area contributed by atoms with E-state index in [1.807, 2.05) is 48.5 Å². The third-order valence-electron chi connectivity index (χ3n) is 4.12. The fourth-order valence-corrected chi connectivity index (χ4v) is 2.92. The maximum absolute atomic E-state index is 10.8. The van der Waals surface area contributed by atoms with E-state index in [0.717, 1.165) is 42.5 Å². The lowest BCUT2D eigenvalue weighted by Gasteiger charge is -2.22. The molecule has 0 aliphatic heterocycles. The number of aliphatic carboxylic acids is 1. The van der Waals surface area contributed by atoms with Gasteiger partial charge in [-0.05, 0) is 61.2 Å². The Kier molecular flexibility index (Phi) is 8.26. The molecule has 0 aliphatic carbocycles. The van der Waals surface area contributed by atoms with Gasteiger partial charge < -0.3 is 10.0 Å². The highest BCUT2D eigenvalue weighted by Crippen LogP contribution is 2.12. The summed E-state index contributed by atoms with van der Waals surface area (Å²) >= 11 is 11.9. The van der Waals surface area contributed by atoms with Crippen LogP contribution in [0.3, 0.4) is 0 Å². The van der Waals surface area contributed by atoms with Crippen LogP contribution in [-0.4, -0.2) is 35.6 Å². The largest absolute Gasteiger partial charge is 0.481 e. The summed E-state index contributed by atoms with van der Waals surface area (Å²) in [6.07, 6.45) is 2.71. The third kappa shape index (κ3) is 7.91. The van der Waals surface area contributed by atoms with Gasteiger partial charge in [-0.1, -0.05) is 47.5 Å². The summed E-state index contributed by atoms with van der Waals surface area (Å²) in [6.45, 7) is 2.58. The molecule has 25 heavy (non-hydrogen) atoms. The van der Waals surface area contributed by atoms with E-state index < -0.39 is 5.97 Å². The molecule has 2 rings (SSSR count). The predicted octanol–water partition coefficient (Wildman–Crippen LogP) is 4.95.